The summed E-state index contributed by atoms with van der Waals surface area (Å²) in [6, 6.07) is 18.5. The average molecular weight is 705 g/mol. The van der Waals surface area contributed by atoms with Gasteiger partial charge in [0, 0.05) is 12.8 Å². The van der Waals surface area contributed by atoms with Crippen molar-refractivity contribution in [2.45, 2.75) is 91.9 Å². The lowest BCUT2D eigenvalue weighted by molar-refractivity contribution is -0.135. The number of ether oxygens (including phenoxy) is 2. The van der Waals surface area contributed by atoms with Gasteiger partial charge in [0.15, 0.2) is 22.9 Å². The summed E-state index contributed by atoms with van der Waals surface area (Å²) in [5.74, 6) is -0.425. The average Bonchev–Trinajstić information content (AvgIpc) is 3.75. The van der Waals surface area contributed by atoms with Gasteiger partial charge in [0.05, 0.1) is 0 Å². The van der Waals surface area contributed by atoms with Crippen LogP contribution in [0.25, 0.3) is 33.4 Å². The number of unbranched alkanes of at least 4 members (excludes halogenated alkanes) is 3. The lowest BCUT2D eigenvalue weighted by Crippen LogP contribution is -2.13. The zero-order valence-electron chi connectivity index (χ0n) is 30.1. The number of hydrogen-bond donors (Lipinski definition) is 2. The number of fused-ring (bicyclic) bond motifs is 2. The van der Waals surface area contributed by atoms with Crippen LogP contribution in [0.4, 0.5) is 0 Å². The number of aryl methyl sites for hydroxylation is 4. The van der Waals surface area contributed by atoms with Crippen molar-refractivity contribution in [1.82, 2.24) is 30.0 Å². The van der Waals surface area contributed by atoms with E-state index in [1.54, 1.807) is 0 Å². The molecule has 0 aliphatic carbocycles. The Morgan fingerprint density at radius 3 is 1.27 bits per heavy atom. The lowest BCUT2D eigenvalue weighted by atomic mass is 10.0. The van der Waals surface area contributed by atoms with Gasteiger partial charge < -0.3 is 19.7 Å². The molecule has 2 N–H and O–H groups in total. The number of aromatic nitrogens is 6. The normalized spacial score (nSPS) is 11.4. The van der Waals surface area contributed by atoms with Crippen LogP contribution < -0.4 is 9.47 Å². The van der Waals surface area contributed by atoms with Gasteiger partial charge >= 0.3 is 11.9 Å². The quantitative estimate of drug-likeness (QED) is 0.0612. The Labute approximate surface area is 302 Å². The number of carbonyl (C=O) groups excluding carboxylic acids is 2. The third-order valence-corrected chi connectivity index (χ3v) is 8.94. The predicted molar refractivity (Wildman–Crippen MR) is 197 cm³/mol. The van der Waals surface area contributed by atoms with Gasteiger partial charge in [0.1, 0.15) is 33.6 Å². The summed E-state index contributed by atoms with van der Waals surface area (Å²) in [6.45, 7) is 7.74. The van der Waals surface area contributed by atoms with Crippen LogP contribution in [-0.2, 0) is 22.4 Å². The van der Waals surface area contributed by atoms with Crippen LogP contribution in [-0.4, -0.2) is 52.1 Å². The summed E-state index contributed by atoms with van der Waals surface area (Å²) in [6.07, 6.45) is 5.78. The van der Waals surface area contributed by atoms with Gasteiger partial charge in [-0.1, -0.05) is 63.8 Å². The summed E-state index contributed by atoms with van der Waals surface area (Å²) in [7, 11) is 0. The molecule has 0 saturated heterocycles. The summed E-state index contributed by atoms with van der Waals surface area (Å²) < 4.78 is 11.7. The smallest absolute Gasteiger partial charge is 0.311 e. The fourth-order valence-electron chi connectivity index (χ4n) is 6.37. The van der Waals surface area contributed by atoms with E-state index in [1.165, 1.54) is 9.59 Å². The SMILES string of the molecule is CCCc1cc(C)c(OC(=O)CCCCCCC(=O)Oc2c(C)cc(CCC)c(O)c2-n2nc3ccccc3n2)c(-n2nc3ccccc3n2)c1O. The molecule has 0 unspecified atom stereocenters. The fraction of sp³-hybridized carbons (Fsp3) is 0.350. The van der Waals surface area contributed by atoms with E-state index in [0.717, 1.165) is 24.0 Å². The Balaban J connectivity index is 1.06. The predicted octanol–water partition coefficient (Wildman–Crippen LogP) is 7.94. The number of phenols is 2. The number of hydrogen-bond acceptors (Lipinski definition) is 10. The minimum Gasteiger partial charge on any atom is -0.505 e. The van der Waals surface area contributed by atoms with Gasteiger partial charge in [-0.3, -0.25) is 9.59 Å². The van der Waals surface area contributed by atoms with E-state index in [1.807, 2.05) is 88.4 Å². The molecule has 0 aliphatic heterocycles. The highest BCUT2D eigenvalue weighted by Gasteiger charge is 2.25. The maximum atomic E-state index is 13.1. The van der Waals surface area contributed by atoms with Crippen molar-refractivity contribution in [2.75, 3.05) is 0 Å². The number of phenolic OH excluding ortho intramolecular Hbond substituents is 2. The highest BCUT2D eigenvalue weighted by molar-refractivity contribution is 5.79. The van der Waals surface area contributed by atoms with E-state index in [2.05, 4.69) is 20.4 Å². The molecule has 52 heavy (non-hydrogen) atoms. The molecule has 12 nitrogen and oxygen atoms in total. The zero-order chi connectivity index (χ0) is 36.8. The molecule has 0 bridgehead atoms. The summed E-state index contributed by atoms with van der Waals surface area (Å²) >= 11 is 0. The molecular weight excluding hydrogens is 660 g/mol. The molecule has 0 spiro atoms. The second-order valence-electron chi connectivity index (χ2n) is 13.1. The number of esters is 2. The molecule has 0 radical (unpaired) electrons. The van der Waals surface area contributed by atoms with Crippen LogP contribution >= 0.6 is 0 Å². The third-order valence-electron chi connectivity index (χ3n) is 8.94. The van der Waals surface area contributed by atoms with Crippen molar-refractivity contribution < 1.29 is 29.3 Å². The molecule has 6 aromatic rings. The maximum absolute atomic E-state index is 13.1. The molecule has 0 atom stereocenters. The molecule has 12 heteroatoms. The molecule has 0 amide bonds. The zero-order valence-corrected chi connectivity index (χ0v) is 30.1. The van der Waals surface area contributed by atoms with Gasteiger partial charge in [-0.15, -0.1) is 30.0 Å². The largest absolute Gasteiger partial charge is 0.505 e. The molecule has 6 rings (SSSR count). The Kier molecular flexibility index (Phi) is 11.1. The Morgan fingerprint density at radius 1 is 0.596 bits per heavy atom. The van der Waals surface area contributed by atoms with Crippen LogP contribution in [0.2, 0.25) is 0 Å². The summed E-state index contributed by atoms with van der Waals surface area (Å²) in [5.41, 5.74) is 5.99. The lowest BCUT2D eigenvalue weighted by Gasteiger charge is -2.17. The molecule has 0 fully saturated rings. The highest BCUT2D eigenvalue weighted by Crippen LogP contribution is 2.40. The van der Waals surface area contributed by atoms with Gasteiger partial charge in [0.2, 0.25) is 0 Å². The van der Waals surface area contributed by atoms with E-state index in [-0.39, 0.29) is 47.2 Å². The first kappa shape index (κ1) is 36.0. The molecule has 2 heterocycles. The highest BCUT2D eigenvalue weighted by atomic mass is 16.5. The van der Waals surface area contributed by atoms with E-state index < -0.39 is 11.9 Å². The van der Waals surface area contributed by atoms with Gasteiger partial charge in [-0.05, 0) is 98.2 Å². The number of benzene rings is 4. The number of nitrogens with zero attached hydrogens (tertiary/aromatic N) is 6. The van der Waals surface area contributed by atoms with Gasteiger partial charge in [-0.25, -0.2) is 0 Å². The minimum absolute atomic E-state index is 0.00816. The second kappa shape index (κ2) is 16.1. The van der Waals surface area contributed by atoms with Crippen molar-refractivity contribution in [3.63, 3.8) is 0 Å². The third kappa shape index (κ3) is 7.75. The Bertz CT molecular complexity index is 2020. The molecule has 4 aromatic carbocycles. The first-order valence-corrected chi connectivity index (χ1v) is 18.0. The number of rotatable bonds is 15. The van der Waals surface area contributed by atoms with Crippen molar-refractivity contribution in [1.29, 1.82) is 0 Å². The standard InChI is InChI=1S/C40H44N6O6/c1-5-15-27-23-25(3)39(35(37(27)49)45-41-29-17-11-12-18-30(29)42-45)51-33(47)21-9-7-8-10-22-34(48)52-40-26(4)24-28(16-6-2)38(50)36(40)46-43-31-19-13-14-20-32(31)44-46/h11-14,17-20,23-24,49-50H,5-10,15-16,21-22H2,1-4H3. The minimum atomic E-state index is -0.433. The Hall–Kier alpha value is -5.78. The molecule has 0 aliphatic rings. The molecular formula is C40H44N6O6. The van der Waals surface area contributed by atoms with Gasteiger partial charge in [0.25, 0.3) is 0 Å². The van der Waals surface area contributed by atoms with Crippen LogP contribution in [0.5, 0.6) is 23.0 Å². The van der Waals surface area contributed by atoms with Crippen LogP contribution in [0, 0.1) is 13.8 Å². The van der Waals surface area contributed by atoms with E-state index in [0.29, 0.717) is 71.7 Å². The van der Waals surface area contributed by atoms with Crippen molar-refractivity contribution in [3.8, 4) is 34.4 Å². The number of aromatic hydroxyl groups is 2. The maximum Gasteiger partial charge on any atom is 0.311 e. The number of carbonyl (C=O) groups is 2. The van der Waals surface area contributed by atoms with Crippen LogP contribution in [0.1, 0.15) is 87.5 Å². The topological polar surface area (TPSA) is 154 Å². The molecule has 2 aromatic heterocycles. The molecule has 270 valence electrons. The van der Waals surface area contributed by atoms with Gasteiger partial charge in [-0.2, -0.15) is 0 Å². The first-order chi connectivity index (χ1) is 25.2. The van der Waals surface area contributed by atoms with Crippen LogP contribution in [0.3, 0.4) is 0 Å². The Morgan fingerprint density at radius 2 is 0.942 bits per heavy atom. The summed E-state index contributed by atoms with van der Waals surface area (Å²) in [5, 5.41) is 40.6. The van der Waals surface area contributed by atoms with E-state index in [4.69, 9.17) is 9.47 Å². The first-order valence-electron chi connectivity index (χ1n) is 18.0. The molecule has 0 saturated carbocycles. The monoisotopic (exact) mass is 704 g/mol. The second-order valence-corrected chi connectivity index (χ2v) is 13.1. The fourth-order valence-corrected chi connectivity index (χ4v) is 6.37. The summed E-state index contributed by atoms with van der Waals surface area (Å²) in [4.78, 5) is 28.8. The van der Waals surface area contributed by atoms with Crippen molar-refractivity contribution in [2.24, 2.45) is 0 Å². The van der Waals surface area contributed by atoms with E-state index >= 15 is 0 Å². The van der Waals surface area contributed by atoms with Crippen molar-refractivity contribution in [3.05, 3.63) is 82.9 Å². The van der Waals surface area contributed by atoms with Crippen LogP contribution in [0.15, 0.2) is 60.7 Å². The van der Waals surface area contributed by atoms with Crippen molar-refractivity contribution >= 4 is 34.0 Å². The van der Waals surface area contributed by atoms with E-state index in [9.17, 15) is 19.8 Å².